The Morgan fingerprint density at radius 3 is 2.80 bits per heavy atom. The fraction of sp³-hybridized carbons (Fsp3) is 0.386. The Labute approximate surface area is 353 Å². The lowest BCUT2D eigenvalue weighted by atomic mass is 9.70. The molecule has 0 radical (unpaired) electrons. The van der Waals surface area contributed by atoms with Gasteiger partial charge in [0.05, 0.1) is 17.5 Å². The summed E-state index contributed by atoms with van der Waals surface area (Å²) in [6, 6.07) is 9.01. The van der Waals surface area contributed by atoms with Gasteiger partial charge in [0.1, 0.15) is 64.9 Å². The number of hydrogen-bond acceptors (Lipinski definition) is 15. The molecule has 1 aromatic carbocycles. The van der Waals surface area contributed by atoms with Gasteiger partial charge in [-0.2, -0.15) is 0 Å². The van der Waals surface area contributed by atoms with Gasteiger partial charge < -0.3 is 40.5 Å². The normalized spacial score (nSPS) is 28.9. The minimum absolute atomic E-state index is 0.0561. The number of aromatic hydroxyl groups is 1. The second-order valence-electron chi connectivity index (χ2n) is 16.8. The van der Waals surface area contributed by atoms with E-state index in [9.17, 15) is 14.7 Å². The van der Waals surface area contributed by atoms with Crippen molar-refractivity contribution < 1.29 is 33.4 Å². The molecule has 1 fully saturated rings. The van der Waals surface area contributed by atoms with Gasteiger partial charge in [0.15, 0.2) is 22.2 Å². The van der Waals surface area contributed by atoms with Crippen LogP contribution in [0.4, 0.5) is 11.6 Å². The summed E-state index contributed by atoms with van der Waals surface area (Å²) in [6.07, 6.45) is 11.6. The molecule has 9 heterocycles. The first-order chi connectivity index (χ1) is 28.9. The van der Waals surface area contributed by atoms with Gasteiger partial charge in [-0.3, -0.25) is 14.7 Å². The van der Waals surface area contributed by atoms with Crippen LogP contribution in [0, 0.1) is 6.92 Å². The van der Waals surface area contributed by atoms with Crippen LogP contribution in [0.3, 0.4) is 0 Å². The number of phenolic OH excluding ortho intramolecular Hbond substituents is 1. The average molecular weight is 849 g/mol. The molecule has 14 nitrogen and oxygen atoms in total. The van der Waals surface area contributed by atoms with Gasteiger partial charge in [0, 0.05) is 70.9 Å². The molecule has 310 valence electrons. The summed E-state index contributed by atoms with van der Waals surface area (Å²) >= 11 is 0. The molecule has 1 saturated heterocycles. The Morgan fingerprint density at radius 1 is 1.10 bits per heavy atom. The first-order valence-corrected chi connectivity index (χ1v) is 22.6. The predicted octanol–water partition coefficient (Wildman–Crippen LogP) is 4.26. The van der Waals surface area contributed by atoms with Crippen LogP contribution in [0.5, 0.6) is 11.5 Å². The number of nitrogens with one attached hydrogen (secondary N) is 2. The van der Waals surface area contributed by atoms with E-state index in [-0.39, 0.29) is 33.8 Å². The number of fused-ring (bicyclic) bond motifs is 7. The number of phenols is 1. The van der Waals surface area contributed by atoms with Gasteiger partial charge in [-0.1, -0.05) is 27.7 Å². The van der Waals surface area contributed by atoms with E-state index in [4.69, 9.17) is 40.1 Å². The van der Waals surface area contributed by atoms with Crippen LogP contribution in [-0.4, -0.2) is 75.6 Å². The zero-order chi connectivity index (χ0) is 41.6. The lowest BCUT2D eigenvalue weighted by Crippen LogP contribution is -3.04. The first kappa shape index (κ1) is 39.0. The molecule has 7 N–H and O–H groups in total. The zero-order valence-corrected chi connectivity index (χ0v) is 35.1. The number of aromatic nitrogens is 2. The standard InChI is InChI=1S/C44H45N7O7S2/c1-23-12-33(52)38-35(55-23)16-34-29(39(38)53)18-43-8-6-27(17-42(43,2)56-34)60-59-22-30-28(15-26(49-40(30)46)20-51-19-25-7-10-48-32(25)21-51)31-13-24(14-37(45)50-31)4-5-36-44(57-36,9-11-47-3)41(54)58-43/h6-8,10,12-16,21,27,36,47,53H,4-5,9,11,17-20,22H2,1-3H3,(H2,45,50)(H2,46,49)/p+1. The van der Waals surface area contributed by atoms with E-state index in [1.807, 2.05) is 44.5 Å². The molecule has 1 aliphatic carbocycles. The molecule has 0 amide bonds. The fourth-order valence-corrected chi connectivity index (χ4v) is 12.1. The van der Waals surface area contributed by atoms with Gasteiger partial charge in [0.2, 0.25) is 0 Å². The number of nitrogen functional groups attached to an aromatic ring is 2. The molecule has 4 aromatic rings. The Kier molecular flexibility index (Phi) is 9.44. The van der Waals surface area contributed by atoms with Crippen molar-refractivity contribution in [2.24, 2.45) is 4.99 Å². The van der Waals surface area contributed by atoms with Crippen molar-refractivity contribution in [1.29, 1.82) is 0 Å². The average Bonchev–Trinajstić information content (AvgIpc) is 3.52. The van der Waals surface area contributed by atoms with Crippen molar-refractivity contribution in [3.05, 3.63) is 104 Å². The van der Waals surface area contributed by atoms with Gasteiger partial charge in [0.25, 0.3) is 0 Å². The Bertz CT molecular complexity index is 2680. The molecule has 1 spiro atoms. The van der Waals surface area contributed by atoms with Crippen molar-refractivity contribution in [2.75, 3.05) is 31.6 Å². The van der Waals surface area contributed by atoms with Crippen LogP contribution < -0.4 is 31.8 Å². The molecule has 6 unspecified atom stereocenters. The number of aliphatic imine (C=N–C) groups is 1. The quantitative estimate of drug-likeness (QED) is 0.0825. The van der Waals surface area contributed by atoms with Crippen molar-refractivity contribution in [1.82, 2.24) is 15.3 Å². The maximum Gasteiger partial charge on any atom is 0.342 e. The number of quaternary nitrogens is 1. The van der Waals surface area contributed by atoms with Crippen LogP contribution in [0.15, 0.2) is 80.2 Å². The van der Waals surface area contributed by atoms with Crippen LogP contribution in [0.1, 0.15) is 54.3 Å². The van der Waals surface area contributed by atoms with Crippen molar-refractivity contribution in [3.8, 4) is 22.8 Å². The maximum atomic E-state index is 14.7. The number of nitrogens with two attached hydrogens (primary N) is 2. The smallest absolute Gasteiger partial charge is 0.342 e. The number of epoxide rings is 1. The number of carbonyl (C=O) groups excluding carboxylic acids is 1. The summed E-state index contributed by atoms with van der Waals surface area (Å²) in [5, 5.41) is 14.8. The molecule has 11 rings (SSSR count). The van der Waals surface area contributed by atoms with Gasteiger partial charge >= 0.3 is 5.97 Å². The number of hydrogen-bond donors (Lipinski definition) is 5. The summed E-state index contributed by atoms with van der Waals surface area (Å²) < 4.78 is 25.9. The number of esters is 1. The van der Waals surface area contributed by atoms with Crippen molar-refractivity contribution in [2.45, 2.75) is 86.4 Å². The highest BCUT2D eigenvalue weighted by Crippen LogP contribution is 2.55. The molecule has 4 bridgehead atoms. The number of pyridine rings is 2. The molecule has 6 aliphatic heterocycles. The number of ether oxygens (including phenoxy) is 3. The largest absolute Gasteiger partial charge is 0.507 e. The Morgan fingerprint density at radius 2 is 1.97 bits per heavy atom. The second kappa shape index (κ2) is 14.5. The third-order valence-electron chi connectivity index (χ3n) is 12.7. The van der Waals surface area contributed by atoms with E-state index in [2.05, 4.69) is 28.7 Å². The summed E-state index contributed by atoms with van der Waals surface area (Å²) in [6.45, 7) is 5.60. The van der Waals surface area contributed by atoms with Crippen LogP contribution in [-0.2, 0) is 39.4 Å². The van der Waals surface area contributed by atoms with Crippen LogP contribution in [0.25, 0.3) is 22.2 Å². The molecular weight excluding hydrogens is 803 g/mol. The van der Waals surface area contributed by atoms with Crippen molar-refractivity contribution in [3.63, 3.8) is 0 Å². The minimum Gasteiger partial charge on any atom is -0.507 e. The Hall–Kier alpha value is -5.13. The zero-order valence-electron chi connectivity index (χ0n) is 33.5. The number of anilines is 2. The second-order valence-corrected chi connectivity index (χ2v) is 19.4. The number of benzene rings is 1. The molecule has 6 atom stereocenters. The fourth-order valence-electron chi connectivity index (χ4n) is 9.44. The van der Waals surface area contributed by atoms with Crippen molar-refractivity contribution >= 4 is 56.4 Å². The van der Waals surface area contributed by atoms with E-state index in [0.717, 1.165) is 34.6 Å². The summed E-state index contributed by atoms with van der Waals surface area (Å²) in [4.78, 5) is 43.3. The monoisotopic (exact) mass is 848 g/mol. The molecule has 60 heavy (non-hydrogen) atoms. The number of allylic oxidation sites excluding steroid dienone is 1. The third kappa shape index (κ3) is 6.59. The molecular formula is C44H46N7O7S2+. The van der Waals surface area contributed by atoms with Gasteiger partial charge in [-0.25, -0.2) is 14.8 Å². The molecule has 7 aliphatic rings. The van der Waals surface area contributed by atoms with Gasteiger partial charge in [-0.05, 0) is 76.2 Å². The summed E-state index contributed by atoms with van der Waals surface area (Å²) in [5.41, 5.74) is 16.4. The minimum atomic E-state index is -1.34. The van der Waals surface area contributed by atoms with E-state index in [1.54, 1.807) is 34.6 Å². The summed E-state index contributed by atoms with van der Waals surface area (Å²) in [5.74, 6) is 1.40. The maximum absolute atomic E-state index is 14.7. The number of rotatable bonds is 5. The van der Waals surface area contributed by atoms with E-state index in [1.165, 1.54) is 16.5 Å². The molecule has 3 aromatic heterocycles. The SMILES string of the molecule is CNCCC12OC1CCc1cc(N)nc(c1)-c1cc(C[NH+]3C=C4N=CC=C4C3)nc(N)c1CSSC1C=CC3(Cc4c(cc5oc(C)cc(=O)c5c4O)OC3(C)C1)OC2=O. The molecule has 0 saturated carbocycles. The number of aryl methyl sites for hydroxylation is 2. The lowest BCUT2D eigenvalue weighted by Gasteiger charge is -2.52. The third-order valence-corrected chi connectivity index (χ3v) is 15.3. The topological polar surface area (TPSA) is 205 Å². The Balaban J connectivity index is 1.04. The lowest BCUT2D eigenvalue weighted by molar-refractivity contribution is -0.852. The van der Waals surface area contributed by atoms with E-state index in [0.29, 0.717) is 78.9 Å². The van der Waals surface area contributed by atoms with E-state index < -0.39 is 28.9 Å². The van der Waals surface area contributed by atoms with Gasteiger partial charge in [-0.15, -0.1) is 0 Å². The van der Waals surface area contributed by atoms with Crippen LogP contribution in [0.2, 0.25) is 0 Å². The summed E-state index contributed by atoms with van der Waals surface area (Å²) in [7, 11) is 5.14. The highest BCUT2D eigenvalue weighted by Gasteiger charge is 2.66. The van der Waals surface area contributed by atoms with E-state index >= 15 is 0 Å². The first-order valence-electron chi connectivity index (χ1n) is 20.2. The highest BCUT2D eigenvalue weighted by molar-refractivity contribution is 8.76. The highest BCUT2D eigenvalue weighted by atomic mass is 33.1. The van der Waals surface area contributed by atoms with Crippen LogP contribution >= 0.6 is 21.6 Å². The predicted molar refractivity (Wildman–Crippen MR) is 232 cm³/mol. The number of carbonyl (C=O) groups is 1. The number of nitrogens with zero attached hydrogens (tertiary/aromatic N) is 3. The molecule has 16 heteroatoms.